The number of nitrogens with zero attached hydrogens (tertiary/aromatic N) is 2. The molecule has 2 aliphatic heterocycles. The van der Waals surface area contributed by atoms with Crippen molar-refractivity contribution in [3.63, 3.8) is 0 Å². The maximum atomic E-state index is 12.9. The van der Waals surface area contributed by atoms with E-state index in [4.69, 9.17) is 4.74 Å². The van der Waals surface area contributed by atoms with Crippen LogP contribution in [0.25, 0.3) is 0 Å². The summed E-state index contributed by atoms with van der Waals surface area (Å²) in [6.45, 7) is 3.29. The number of esters is 1. The van der Waals surface area contributed by atoms with Gasteiger partial charge >= 0.3 is 5.97 Å². The molecule has 0 saturated carbocycles. The summed E-state index contributed by atoms with van der Waals surface area (Å²) in [6, 6.07) is 14.2. The molecule has 1 saturated heterocycles. The fourth-order valence-electron chi connectivity index (χ4n) is 4.74. The molecule has 0 spiro atoms. The largest absolute Gasteiger partial charge is 0.441 e. The lowest BCUT2D eigenvalue weighted by molar-refractivity contribution is -0.154. The van der Waals surface area contributed by atoms with Gasteiger partial charge in [0.25, 0.3) is 5.91 Å². The maximum absolute atomic E-state index is 12.9. The summed E-state index contributed by atoms with van der Waals surface area (Å²) in [4.78, 5) is 52.2. The lowest BCUT2D eigenvalue weighted by Crippen LogP contribution is -2.55. The van der Waals surface area contributed by atoms with Crippen LogP contribution < -0.4 is 10.2 Å². The predicted octanol–water partition coefficient (Wildman–Crippen LogP) is 2.06. The third kappa shape index (κ3) is 5.32. The molecule has 0 aliphatic carbocycles. The van der Waals surface area contributed by atoms with Gasteiger partial charge in [0.15, 0.2) is 11.8 Å². The highest BCUT2D eigenvalue weighted by Gasteiger charge is 2.49. The third-order valence-electron chi connectivity index (χ3n) is 6.81. The molecule has 2 aromatic rings. The van der Waals surface area contributed by atoms with Gasteiger partial charge in [0.05, 0.1) is 13.0 Å². The van der Waals surface area contributed by atoms with E-state index in [1.807, 2.05) is 30.3 Å². The summed E-state index contributed by atoms with van der Waals surface area (Å²) < 4.78 is 5.17. The van der Waals surface area contributed by atoms with Gasteiger partial charge < -0.3 is 25.2 Å². The number of rotatable bonds is 10. The van der Waals surface area contributed by atoms with E-state index in [1.54, 1.807) is 42.2 Å². The monoisotopic (exact) mass is 521 g/mol. The van der Waals surface area contributed by atoms with E-state index in [0.29, 0.717) is 17.9 Å². The van der Waals surface area contributed by atoms with Crippen molar-refractivity contribution >= 4 is 35.1 Å². The molecule has 4 rings (SSSR count). The molecule has 38 heavy (non-hydrogen) atoms. The third-order valence-corrected chi connectivity index (χ3v) is 6.81. The van der Waals surface area contributed by atoms with E-state index in [0.717, 1.165) is 5.56 Å². The second-order valence-electron chi connectivity index (χ2n) is 9.43. The first-order chi connectivity index (χ1) is 18.1. The van der Waals surface area contributed by atoms with Crippen LogP contribution >= 0.6 is 0 Å². The van der Waals surface area contributed by atoms with Gasteiger partial charge in [0.1, 0.15) is 0 Å². The van der Waals surface area contributed by atoms with Crippen LogP contribution in [0.1, 0.15) is 37.8 Å². The van der Waals surface area contributed by atoms with Crippen LogP contribution in [0, 0.1) is 5.92 Å². The number of benzene rings is 2. The predicted molar refractivity (Wildman–Crippen MR) is 138 cm³/mol. The van der Waals surface area contributed by atoms with Crippen LogP contribution in [0.5, 0.6) is 0 Å². The topological polar surface area (TPSA) is 136 Å². The van der Waals surface area contributed by atoms with Gasteiger partial charge in [0.2, 0.25) is 11.8 Å². The van der Waals surface area contributed by atoms with Crippen molar-refractivity contribution in [2.75, 3.05) is 23.4 Å². The number of hydrogen-bond acceptors (Lipinski definition) is 7. The lowest BCUT2D eigenvalue weighted by Gasteiger charge is -2.39. The molecule has 10 heteroatoms. The molecule has 3 N–H and O–H groups in total. The van der Waals surface area contributed by atoms with E-state index in [2.05, 4.69) is 5.32 Å². The minimum absolute atomic E-state index is 0.0219. The van der Waals surface area contributed by atoms with Crippen molar-refractivity contribution in [1.82, 2.24) is 4.90 Å². The van der Waals surface area contributed by atoms with E-state index < -0.39 is 29.6 Å². The second-order valence-corrected chi connectivity index (χ2v) is 9.43. The first kappa shape index (κ1) is 27.0. The Balaban J connectivity index is 1.49. The number of hydrogen-bond donors (Lipinski definition) is 3. The minimum atomic E-state index is -1.94. The Hall–Kier alpha value is -4.02. The van der Waals surface area contributed by atoms with Gasteiger partial charge in [-0.2, -0.15) is 0 Å². The first-order valence-corrected chi connectivity index (χ1v) is 12.4. The van der Waals surface area contributed by atoms with Gasteiger partial charge in [-0.1, -0.05) is 49.4 Å². The zero-order chi connectivity index (χ0) is 27.4. The number of ether oxygens (including phenoxy) is 1. The number of β-lactam (4-membered cyclic amide) rings is 1. The Kier molecular flexibility index (Phi) is 7.94. The zero-order valence-corrected chi connectivity index (χ0v) is 21.3. The van der Waals surface area contributed by atoms with Gasteiger partial charge in [-0.05, 0) is 23.8 Å². The Bertz CT molecular complexity index is 1260. The van der Waals surface area contributed by atoms with Crippen molar-refractivity contribution in [2.45, 2.75) is 45.1 Å². The Morgan fingerprint density at radius 1 is 1.24 bits per heavy atom. The molecule has 2 aromatic carbocycles. The smallest absolute Gasteiger partial charge is 0.304 e. The fourth-order valence-corrected chi connectivity index (χ4v) is 4.74. The Labute approximate surface area is 220 Å². The van der Waals surface area contributed by atoms with Crippen molar-refractivity contribution in [3.05, 3.63) is 71.8 Å². The average molecular weight is 522 g/mol. The van der Waals surface area contributed by atoms with Crippen molar-refractivity contribution < 1.29 is 34.1 Å². The number of anilines is 2. The number of nitrogens with one attached hydrogen (secondary N) is 1. The molecule has 200 valence electrons. The normalized spacial score (nSPS) is 21.1. The van der Waals surface area contributed by atoms with Crippen molar-refractivity contribution in [1.29, 1.82) is 0 Å². The molecule has 0 bridgehead atoms. The van der Waals surface area contributed by atoms with Gasteiger partial charge in [-0.25, -0.2) is 0 Å². The maximum Gasteiger partial charge on any atom is 0.304 e. The second kappa shape index (κ2) is 11.2. The number of aliphatic hydroxyl groups is 2. The van der Waals surface area contributed by atoms with Gasteiger partial charge in [0, 0.05) is 49.3 Å². The molecule has 10 nitrogen and oxygen atoms in total. The van der Waals surface area contributed by atoms with E-state index >= 15 is 0 Å². The van der Waals surface area contributed by atoms with E-state index in [9.17, 15) is 29.4 Å². The highest BCUT2D eigenvalue weighted by Crippen LogP contribution is 2.44. The average Bonchev–Trinajstić information content (AvgIpc) is 3.14. The van der Waals surface area contributed by atoms with E-state index in [1.165, 1.54) is 11.8 Å². The van der Waals surface area contributed by atoms with Crippen LogP contribution in [-0.4, -0.2) is 58.2 Å². The molecular formula is C28H31N3O7. The minimum Gasteiger partial charge on any atom is -0.441 e. The fraction of sp³-hybridized carbons (Fsp3) is 0.357. The van der Waals surface area contributed by atoms with Crippen LogP contribution in [-0.2, 0) is 36.1 Å². The summed E-state index contributed by atoms with van der Waals surface area (Å²) in [7, 11) is 0. The Morgan fingerprint density at radius 3 is 2.63 bits per heavy atom. The standard InChI is InChI=1S/C28H31N3O7/c1-18(7-6-10-24(34)30(13-14-32)17-20-8-4-3-5-9-20)28(37)22-15-21(11-12-23(22)29-27(28)36)31-25(35)16-26(31)38-19(2)33/h3-9,11-12,15,18,26,32,37H,10,13-14,16-17H2,1-2H3,(H,29,36)/b7-6+/t18-,26?,28+/m0/s1. The summed E-state index contributed by atoms with van der Waals surface area (Å²) >= 11 is 0. The van der Waals surface area contributed by atoms with Gasteiger partial charge in [-0.15, -0.1) is 0 Å². The van der Waals surface area contributed by atoms with Crippen molar-refractivity contribution in [3.8, 4) is 0 Å². The molecule has 0 aromatic heterocycles. The molecular weight excluding hydrogens is 490 g/mol. The quantitative estimate of drug-likeness (QED) is 0.247. The summed E-state index contributed by atoms with van der Waals surface area (Å²) in [5.41, 5.74) is 0.0906. The van der Waals surface area contributed by atoms with Gasteiger partial charge in [-0.3, -0.25) is 24.1 Å². The van der Waals surface area contributed by atoms with E-state index in [-0.39, 0.29) is 43.4 Å². The summed E-state index contributed by atoms with van der Waals surface area (Å²) in [5, 5.41) is 23.6. The first-order valence-electron chi connectivity index (χ1n) is 12.4. The number of carbonyl (C=O) groups excluding carboxylic acids is 4. The molecule has 0 radical (unpaired) electrons. The summed E-state index contributed by atoms with van der Waals surface area (Å²) in [6.07, 6.45) is 2.55. The SMILES string of the molecule is CC(=O)OC1CC(=O)N1c1ccc2c(c1)[C@](O)([C@@H](C)/C=C/CC(=O)N(CCO)Cc1ccccc1)C(=O)N2. The molecule has 1 fully saturated rings. The summed E-state index contributed by atoms with van der Waals surface area (Å²) in [5.74, 6) is -2.30. The molecule has 3 amide bonds. The number of carbonyl (C=O) groups is 4. The lowest BCUT2D eigenvalue weighted by atomic mass is 9.82. The highest BCUT2D eigenvalue weighted by molar-refractivity contribution is 6.07. The van der Waals surface area contributed by atoms with Crippen LogP contribution in [0.2, 0.25) is 0 Å². The highest BCUT2D eigenvalue weighted by atomic mass is 16.6. The number of amides is 3. The van der Waals surface area contributed by atoms with Crippen LogP contribution in [0.15, 0.2) is 60.7 Å². The van der Waals surface area contributed by atoms with Crippen LogP contribution in [0.3, 0.4) is 0 Å². The number of fused-ring (bicyclic) bond motifs is 1. The molecule has 1 unspecified atom stereocenters. The zero-order valence-electron chi connectivity index (χ0n) is 21.3. The molecule has 2 heterocycles. The molecule has 2 aliphatic rings. The van der Waals surface area contributed by atoms with Crippen LogP contribution in [0.4, 0.5) is 11.4 Å². The van der Waals surface area contributed by atoms with Crippen molar-refractivity contribution in [2.24, 2.45) is 5.92 Å². The number of aliphatic hydroxyl groups excluding tert-OH is 1. The molecule has 3 atom stereocenters. The Morgan fingerprint density at radius 2 is 1.97 bits per heavy atom.